The average Bonchev–Trinajstić information content (AvgIpc) is 3.79. The van der Waals surface area contributed by atoms with E-state index in [1.807, 2.05) is 30.6 Å². The lowest BCUT2D eigenvalue weighted by molar-refractivity contribution is -0.127. The molecule has 1 aliphatic heterocycles. The molecule has 2 amide bonds. The zero-order valence-electron chi connectivity index (χ0n) is 25.8. The largest absolute Gasteiger partial charge is 0.478 e. The normalized spacial score (nSPS) is 18.7. The Morgan fingerprint density at radius 3 is 2.32 bits per heavy atom. The Hall–Kier alpha value is -4.53. The lowest BCUT2D eigenvalue weighted by Gasteiger charge is -2.35. The highest BCUT2D eigenvalue weighted by atomic mass is 16.6. The van der Waals surface area contributed by atoms with Crippen LogP contribution in [0.5, 0.6) is 0 Å². The molecule has 230 valence electrons. The summed E-state index contributed by atoms with van der Waals surface area (Å²) < 4.78 is 5.83. The highest BCUT2D eigenvalue weighted by Gasteiger charge is 2.46. The van der Waals surface area contributed by atoms with E-state index in [1.165, 1.54) is 11.9 Å². The summed E-state index contributed by atoms with van der Waals surface area (Å²) in [4.78, 5) is 49.5. The molecule has 2 unspecified atom stereocenters. The van der Waals surface area contributed by atoms with Gasteiger partial charge in [-0.3, -0.25) is 4.79 Å². The SMILES string of the molecule is Cc1cc(/C=C/C(=O)N2CCC(CN(C(=O)OC(C)(C)C)C3CC3c3ccc(-c4cncnc4)cc3)CC2)ccc1C(=O)O. The minimum absolute atomic E-state index is 0.0693. The van der Waals surface area contributed by atoms with Crippen LogP contribution in [0, 0.1) is 12.8 Å². The van der Waals surface area contributed by atoms with Crippen molar-refractivity contribution in [3.05, 3.63) is 89.5 Å². The van der Waals surface area contributed by atoms with E-state index in [2.05, 4.69) is 34.2 Å². The van der Waals surface area contributed by atoms with Crippen LogP contribution in [0.2, 0.25) is 0 Å². The molecule has 2 aromatic carbocycles. The Kier molecular flexibility index (Phi) is 9.13. The third kappa shape index (κ3) is 7.70. The summed E-state index contributed by atoms with van der Waals surface area (Å²) in [5, 5.41) is 9.23. The van der Waals surface area contributed by atoms with Gasteiger partial charge in [-0.1, -0.05) is 36.4 Å². The lowest BCUT2D eigenvalue weighted by Crippen LogP contribution is -2.45. The highest BCUT2D eigenvalue weighted by Crippen LogP contribution is 2.46. The molecular weight excluding hydrogens is 556 g/mol. The van der Waals surface area contributed by atoms with Crippen molar-refractivity contribution >= 4 is 24.0 Å². The maximum Gasteiger partial charge on any atom is 0.410 e. The fourth-order valence-corrected chi connectivity index (χ4v) is 5.84. The molecule has 0 radical (unpaired) electrons. The van der Waals surface area contributed by atoms with Gasteiger partial charge in [0.05, 0.1) is 5.56 Å². The van der Waals surface area contributed by atoms with Crippen molar-refractivity contribution in [1.29, 1.82) is 0 Å². The van der Waals surface area contributed by atoms with Crippen LogP contribution in [-0.2, 0) is 9.53 Å². The van der Waals surface area contributed by atoms with Crippen molar-refractivity contribution in [2.45, 2.75) is 64.5 Å². The number of carbonyl (C=O) groups excluding carboxylic acids is 2. The van der Waals surface area contributed by atoms with Crippen molar-refractivity contribution in [2.24, 2.45) is 5.92 Å². The summed E-state index contributed by atoms with van der Waals surface area (Å²) in [5.74, 6) is -0.514. The van der Waals surface area contributed by atoms with Gasteiger partial charge in [0.1, 0.15) is 11.9 Å². The molecule has 0 bridgehead atoms. The number of likely N-dealkylation sites (tertiary alicyclic amines) is 1. The molecule has 1 N–H and O–H groups in total. The second-order valence-electron chi connectivity index (χ2n) is 12.8. The van der Waals surface area contributed by atoms with Gasteiger partial charge in [-0.25, -0.2) is 19.6 Å². The fraction of sp³-hybridized carbons (Fsp3) is 0.400. The lowest BCUT2D eigenvalue weighted by atomic mass is 9.96. The Labute approximate surface area is 258 Å². The molecule has 3 aromatic rings. The topological polar surface area (TPSA) is 113 Å². The average molecular weight is 597 g/mol. The number of aryl methyl sites for hydroxylation is 1. The van der Waals surface area contributed by atoms with E-state index in [0.29, 0.717) is 25.2 Å². The first kappa shape index (κ1) is 30.9. The molecule has 1 saturated heterocycles. The molecule has 2 heterocycles. The van der Waals surface area contributed by atoms with E-state index < -0.39 is 11.6 Å². The fourth-order valence-electron chi connectivity index (χ4n) is 5.84. The van der Waals surface area contributed by atoms with Gasteiger partial charge in [0.25, 0.3) is 0 Å². The number of benzene rings is 2. The minimum Gasteiger partial charge on any atom is -0.478 e. The molecule has 9 heteroatoms. The van der Waals surface area contributed by atoms with Crippen LogP contribution in [0.25, 0.3) is 17.2 Å². The maximum atomic E-state index is 13.4. The zero-order chi connectivity index (χ0) is 31.4. The Morgan fingerprint density at radius 2 is 1.70 bits per heavy atom. The molecule has 44 heavy (non-hydrogen) atoms. The van der Waals surface area contributed by atoms with Gasteiger partial charge < -0.3 is 19.6 Å². The smallest absolute Gasteiger partial charge is 0.410 e. The van der Waals surface area contributed by atoms with Crippen LogP contribution in [0.1, 0.15) is 73.0 Å². The molecule has 2 aliphatic rings. The summed E-state index contributed by atoms with van der Waals surface area (Å²) in [5.41, 5.74) is 4.32. The van der Waals surface area contributed by atoms with Gasteiger partial charge >= 0.3 is 12.1 Å². The van der Waals surface area contributed by atoms with Crippen LogP contribution in [0.3, 0.4) is 0 Å². The highest BCUT2D eigenvalue weighted by molar-refractivity contribution is 5.93. The Bertz CT molecular complexity index is 1520. The summed E-state index contributed by atoms with van der Waals surface area (Å²) >= 11 is 0. The molecule has 9 nitrogen and oxygen atoms in total. The van der Waals surface area contributed by atoms with Gasteiger partial charge in [0, 0.05) is 55.6 Å². The monoisotopic (exact) mass is 596 g/mol. The first-order chi connectivity index (χ1) is 21.0. The number of ether oxygens (including phenoxy) is 1. The molecule has 1 saturated carbocycles. The second-order valence-corrected chi connectivity index (χ2v) is 12.8. The number of hydrogen-bond acceptors (Lipinski definition) is 6. The molecule has 5 rings (SSSR count). The Balaban J connectivity index is 1.19. The standard InChI is InChI=1S/C35H40N4O5/c1-23-17-24(5-11-29(23)33(41)42)6-12-32(40)38-15-13-25(14-16-38)21-39(34(43)44-35(2,3)4)31-18-30(31)27-9-7-26(8-10-27)28-19-36-22-37-20-28/h5-12,17,19-20,22,25,30-31H,13-16,18,21H2,1-4H3,(H,41,42)/b12-6+. The van der Waals surface area contributed by atoms with Gasteiger partial charge in [0.2, 0.25) is 5.91 Å². The zero-order valence-corrected chi connectivity index (χ0v) is 25.8. The number of carboxylic acid groups (broad SMARTS) is 1. The number of nitrogens with zero attached hydrogens (tertiary/aromatic N) is 4. The van der Waals surface area contributed by atoms with Crippen LogP contribution >= 0.6 is 0 Å². The number of aromatic nitrogens is 2. The first-order valence-electron chi connectivity index (χ1n) is 15.1. The molecular formula is C35H40N4O5. The van der Waals surface area contributed by atoms with Crippen molar-refractivity contribution in [2.75, 3.05) is 19.6 Å². The summed E-state index contributed by atoms with van der Waals surface area (Å²) in [7, 11) is 0. The van der Waals surface area contributed by atoms with Gasteiger partial charge in [-0.05, 0) is 87.3 Å². The molecule has 1 aliphatic carbocycles. The number of piperidine rings is 1. The number of carboxylic acids is 1. The summed E-state index contributed by atoms with van der Waals surface area (Å²) in [6.45, 7) is 9.24. The van der Waals surface area contributed by atoms with Crippen molar-refractivity contribution < 1.29 is 24.2 Å². The number of hydrogen-bond donors (Lipinski definition) is 1. The predicted octanol–water partition coefficient (Wildman–Crippen LogP) is 6.20. The predicted molar refractivity (Wildman–Crippen MR) is 168 cm³/mol. The minimum atomic E-state index is -0.965. The van der Waals surface area contributed by atoms with E-state index in [0.717, 1.165) is 36.0 Å². The number of amides is 2. The van der Waals surface area contributed by atoms with Crippen LogP contribution in [0.15, 0.2) is 67.3 Å². The molecule has 1 aromatic heterocycles. The van der Waals surface area contributed by atoms with Crippen LogP contribution in [0.4, 0.5) is 4.79 Å². The van der Waals surface area contributed by atoms with Crippen LogP contribution in [-0.4, -0.2) is 74.1 Å². The Morgan fingerprint density at radius 1 is 1.02 bits per heavy atom. The summed E-state index contributed by atoms with van der Waals surface area (Å²) in [6, 6.07) is 13.5. The van der Waals surface area contributed by atoms with Crippen molar-refractivity contribution in [3.8, 4) is 11.1 Å². The van der Waals surface area contributed by atoms with Gasteiger partial charge in [-0.2, -0.15) is 0 Å². The number of aromatic carboxylic acids is 1. The van der Waals surface area contributed by atoms with Crippen molar-refractivity contribution in [3.63, 3.8) is 0 Å². The summed E-state index contributed by atoms with van der Waals surface area (Å²) in [6.07, 6.45) is 10.6. The quantitative estimate of drug-likeness (QED) is 0.308. The van der Waals surface area contributed by atoms with Gasteiger partial charge in [0.15, 0.2) is 0 Å². The number of rotatable bonds is 8. The molecule has 0 spiro atoms. The molecule has 2 atom stereocenters. The van der Waals surface area contributed by atoms with E-state index in [1.54, 1.807) is 49.7 Å². The third-order valence-electron chi connectivity index (χ3n) is 8.30. The van der Waals surface area contributed by atoms with E-state index in [-0.39, 0.29) is 35.4 Å². The maximum absolute atomic E-state index is 13.4. The third-order valence-corrected chi connectivity index (χ3v) is 8.30. The van der Waals surface area contributed by atoms with Crippen molar-refractivity contribution in [1.82, 2.24) is 19.8 Å². The van der Waals surface area contributed by atoms with Crippen LogP contribution < -0.4 is 0 Å². The first-order valence-corrected chi connectivity index (χ1v) is 15.1. The second kappa shape index (κ2) is 13.0. The van der Waals surface area contributed by atoms with E-state index in [4.69, 9.17) is 4.74 Å². The molecule has 2 fully saturated rings. The van der Waals surface area contributed by atoms with Gasteiger partial charge in [-0.15, -0.1) is 0 Å². The van der Waals surface area contributed by atoms with E-state index >= 15 is 0 Å². The van der Waals surface area contributed by atoms with E-state index in [9.17, 15) is 19.5 Å². The number of carbonyl (C=O) groups is 3.